The van der Waals surface area contributed by atoms with Crippen molar-refractivity contribution in [3.63, 3.8) is 0 Å². The quantitative estimate of drug-likeness (QED) is 0.263. The van der Waals surface area contributed by atoms with Gasteiger partial charge in [-0.2, -0.15) is 4.72 Å². The standard InChI is InChI=1S/C30H33N3O6S/c1-18(2)26(29(35)39-30(4,5)6)33-40(36,37)23-14-10-21(11-15-23)20-8-12-22(13-9-20)31-27(34)28-32-24-17-19(3)7-16-25(24)38-28/h7-18,26,33H,1-6H3,(H,31,34). The van der Waals surface area contributed by atoms with Crippen LogP contribution in [-0.4, -0.2) is 36.9 Å². The van der Waals surface area contributed by atoms with Crippen molar-refractivity contribution in [2.75, 3.05) is 5.32 Å². The number of fused-ring (bicyclic) bond motifs is 1. The van der Waals surface area contributed by atoms with Gasteiger partial charge in [0.05, 0.1) is 4.90 Å². The minimum Gasteiger partial charge on any atom is -0.459 e. The van der Waals surface area contributed by atoms with E-state index in [1.165, 1.54) is 12.1 Å². The maximum absolute atomic E-state index is 13.0. The van der Waals surface area contributed by atoms with E-state index in [1.807, 2.05) is 31.2 Å². The Morgan fingerprint density at radius 3 is 2.10 bits per heavy atom. The van der Waals surface area contributed by atoms with Gasteiger partial charge in [0.2, 0.25) is 10.0 Å². The Bertz CT molecular complexity index is 1630. The van der Waals surface area contributed by atoms with Crippen molar-refractivity contribution in [2.24, 2.45) is 5.92 Å². The van der Waals surface area contributed by atoms with Crippen molar-refractivity contribution in [1.29, 1.82) is 0 Å². The number of nitrogens with zero attached hydrogens (tertiary/aromatic N) is 1. The number of oxazole rings is 1. The fourth-order valence-corrected chi connectivity index (χ4v) is 5.28. The number of rotatable bonds is 8. The molecule has 2 N–H and O–H groups in total. The van der Waals surface area contributed by atoms with Crippen LogP contribution in [0.3, 0.4) is 0 Å². The number of esters is 1. The highest BCUT2D eigenvalue weighted by molar-refractivity contribution is 7.89. The summed E-state index contributed by atoms with van der Waals surface area (Å²) in [6, 6.07) is 17.9. The first-order chi connectivity index (χ1) is 18.7. The molecule has 10 heteroatoms. The summed E-state index contributed by atoms with van der Waals surface area (Å²) in [6.07, 6.45) is 0. The zero-order valence-corrected chi connectivity index (χ0v) is 24.1. The first-order valence-corrected chi connectivity index (χ1v) is 14.3. The number of carbonyl (C=O) groups is 2. The number of nitrogens with one attached hydrogen (secondary N) is 2. The maximum atomic E-state index is 13.0. The van der Waals surface area contributed by atoms with Crippen LogP contribution in [-0.2, 0) is 19.6 Å². The predicted octanol–water partition coefficient (Wildman–Crippen LogP) is 5.70. The molecule has 4 rings (SSSR count). The molecule has 0 saturated heterocycles. The van der Waals surface area contributed by atoms with Crippen LogP contribution in [0.25, 0.3) is 22.2 Å². The van der Waals surface area contributed by atoms with Crippen LogP contribution >= 0.6 is 0 Å². The van der Waals surface area contributed by atoms with Gasteiger partial charge in [-0.25, -0.2) is 13.4 Å². The summed E-state index contributed by atoms with van der Waals surface area (Å²) in [7, 11) is -3.98. The van der Waals surface area contributed by atoms with Gasteiger partial charge in [0, 0.05) is 5.69 Å². The number of benzene rings is 3. The minimum atomic E-state index is -3.98. The Morgan fingerprint density at radius 2 is 1.52 bits per heavy atom. The SMILES string of the molecule is Cc1ccc2oc(C(=O)Nc3ccc(-c4ccc(S(=O)(=O)NC(C(=O)OC(C)(C)C)C(C)C)cc4)cc3)nc2c1. The molecule has 1 amide bonds. The van der Waals surface area contributed by atoms with E-state index < -0.39 is 33.5 Å². The van der Waals surface area contributed by atoms with Gasteiger partial charge >= 0.3 is 11.9 Å². The highest BCUT2D eigenvalue weighted by atomic mass is 32.2. The molecule has 210 valence electrons. The van der Waals surface area contributed by atoms with Crippen LogP contribution < -0.4 is 10.0 Å². The van der Waals surface area contributed by atoms with E-state index in [4.69, 9.17) is 9.15 Å². The van der Waals surface area contributed by atoms with Crippen LogP contribution in [0.1, 0.15) is 50.9 Å². The van der Waals surface area contributed by atoms with E-state index in [9.17, 15) is 18.0 Å². The third-order valence-electron chi connectivity index (χ3n) is 5.99. The van der Waals surface area contributed by atoms with Crippen LogP contribution in [0, 0.1) is 12.8 Å². The topological polar surface area (TPSA) is 128 Å². The summed E-state index contributed by atoms with van der Waals surface area (Å²) in [5, 5.41) is 2.77. The molecule has 4 aromatic rings. The maximum Gasteiger partial charge on any atom is 0.324 e. The smallest absolute Gasteiger partial charge is 0.324 e. The molecule has 1 aromatic heterocycles. The van der Waals surface area contributed by atoms with Gasteiger partial charge in [-0.1, -0.05) is 44.2 Å². The molecule has 0 aliphatic heterocycles. The second kappa shape index (κ2) is 11.2. The number of anilines is 1. The first-order valence-electron chi connectivity index (χ1n) is 12.9. The zero-order chi connectivity index (χ0) is 29.2. The van der Waals surface area contributed by atoms with Gasteiger partial charge in [0.25, 0.3) is 5.89 Å². The first kappa shape index (κ1) is 29.0. The van der Waals surface area contributed by atoms with Crippen molar-refractivity contribution in [1.82, 2.24) is 9.71 Å². The number of sulfonamides is 1. The molecule has 1 atom stereocenters. The Kier molecular flexibility index (Phi) is 8.13. The van der Waals surface area contributed by atoms with Crippen LogP contribution in [0.15, 0.2) is 76.0 Å². The Labute approximate surface area is 234 Å². The van der Waals surface area contributed by atoms with Crippen molar-refractivity contribution in [3.05, 3.63) is 78.2 Å². The number of hydrogen-bond donors (Lipinski definition) is 2. The normalized spacial score (nSPS) is 12.9. The number of aromatic nitrogens is 1. The van der Waals surface area contributed by atoms with Crippen molar-refractivity contribution < 1.29 is 27.2 Å². The molecule has 0 aliphatic carbocycles. The number of aryl methyl sites for hydroxylation is 1. The van der Waals surface area contributed by atoms with Crippen LogP contribution in [0.4, 0.5) is 5.69 Å². The van der Waals surface area contributed by atoms with E-state index in [0.29, 0.717) is 16.8 Å². The van der Waals surface area contributed by atoms with E-state index in [2.05, 4.69) is 15.0 Å². The van der Waals surface area contributed by atoms with Gasteiger partial charge in [-0.05, 0) is 86.7 Å². The van der Waals surface area contributed by atoms with Crippen LogP contribution in [0.5, 0.6) is 0 Å². The summed E-state index contributed by atoms with van der Waals surface area (Å²) in [6.45, 7) is 10.6. The second-order valence-electron chi connectivity index (χ2n) is 10.9. The monoisotopic (exact) mass is 563 g/mol. The lowest BCUT2D eigenvalue weighted by molar-refractivity contribution is -0.158. The summed E-state index contributed by atoms with van der Waals surface area (Å²) < 4.78 is 39.5. The van der Waals surface area contributed by atoms with E-state index in [1.54, 1.807) is 65.0 Å². The number of ether oxygens (including phenoxy) is 1. The average molecular weight is 564 g/mol. The van der Waals surface area contributed by atoms with E-state index >= 15 is 0 Å². The summed E-state index contributed by atoms with van der Waals surface area (Å²) in [4.78, 5) is 29.5. The van der Waals surface area contributed by atoms with Crippen molar-refractivity contribution >= 4 is 38.7 Å². The Balaban J connectivity index is 1.44. The zero-order valence-electron chi connectivity index (χ0n) is 23.3. The van der Waals surface area contributed by atoms with Gasteiger partial charge in [-0.3, -0.25) is 9.59 Å². The second-order valence-corrected chi connectivity index (χ2v) is 12.6. The van der Waals surface area contributed by atoms with Gasteiger partial charge in [0.1, 0.15) is 17.2 Å². The highest BCUT2D eigenvalue weighted by Gasteiger charge is 2.32. The third-order valence-corrected chi connectivity index (χ3v) is 7.44. The molecule has 1 unspecified atom stereocenters. The van der Waals surface area contributed by atoms with E-state index in [-0.39, 0.29) is 16.7 Å². The fraction of sp³-hybridized carbons (Fsp3) is 0.300. The van der Waals surface area contributed by atoms with Gasteiger partial charge < -0.3 is 14.5 Å². The largest absolute Gasteiger partial charge is 0.459 e. The van der Waals surface area contributed by atoms with Crippen molar-refractivity contribution in [3.8, 4) is 11.1 Å². The number of amides is 1. The number of hydrogen-bond acceptors (Lipinski definition) is 7. The molecule has 0 fully saturated rings. The lowest BCUT2D eigenvalue weighted by Crippen LogP contribution is -2.47. The molecule has 40 heavy (non-hydrogen) atoms. The summed E-state index contributed by atoms with van der Waals surface area (Å²) in [5.74, 6) is -1.42. The highest BCUT2D eigenvalue weighted by Crippen LogP contribution is 2.25. The molecule has 3 aromatic carbocycles. The van der Waals surface area contributed by atoms with Gasteiger partial charge in [-0.15, -0.1) is 0 Å². The van der Waals surface area contributed by atoms with Crippen molar-refractivity contribution in [2.45, 2.75) is 58.1 Å². The van der Waals surface area contributed by atoms with Crippen LogP contribution in [0.2, 0.25) is 0 Å². The molecule has 0 bridgehead atoms. The van der Waals surface area contributed by atoms with E-state index in [0.717, 1.165) is 16.7 Å². The van der Waals surface area contributed by atoms with Gasteiger partial charge in [0.15, 0.2) is 5.58 Å². The predicted molar refractivity (Wildman–Crippen MR) is 153 cm³/mol. The molecule has 0 radical (unpaired) electrons. The molecular formula is C30H33N3O6S. The molecular weight excluding hydrogens is 530 g/mol. The Morgan fingerprint density at radius 1 is 0.925 bits per heavy atom. The Hall–Kier alpha value is -4.02. The molecule has 0 spiro atoms. The summed E-state index contributed by atoms with van der Waals surface area (Å²) >= 11 is 0. The fourth-order valence-electron chi connectivity index (χ4n) is 3.95. The third kappa shape index (κ3) is 6.94. The minimum absolute atomic E-state index is 0.0264. The lowest BCUT2D eigenvalue weighted by Gasteiger charge is -2.26. The summed E-state index contributed by atoms with van der Waals surface area (Å²) in [5.41, 5.74) is 3.59. The molecule has 9 nitrogen and oxygen atoms in total. The molecule has 0 aliphatic rings. The molecule has 1 heterocycles. The number of carbonyl (C=O) groups excluding carboxylic acids is 2. The lowest BCUT2D eigenvalue weighted by atomic mass is 10.1. The molecule has 0 saturated carbocycles. The average Bonchev–Trinajstić information content (AvgIpc) is 3.30.